The van der Waals surface area contributed by atoms with Crippen LogP contribution in [-0.4, -0.2) is 14.5 Å². The van der Waals surface area contributed by atoms with Gasteiger partial charge in [-0.25, -0.2) is 0 Å². The molecule has 1 aliphatic heterocycles. The van der Waals surface area contributed by atoms with Crippen molar-refractivity contribution in [3.8, 4) is 5.69 Å². The van der Waals surface area contributed by atoms with Gasteiger partial charge in [-0.2, -0.15) is 0 Å². The van der Waals surface area contributed by atoms with Crippen LogP contribution in [0.5, 0.6) is 0 Å². The van der Waals surface area contributed by atoms with E-state index in [4.69, 9.17) is 5.73 Å². The molecule has 154 valence electrons. The highest BCUT2D eigenvalue weighted by molar-refractivity contribution is 5.98. The maximum atomic E-state index is 6.78. The highest BCUT2D eigenvalue weighted by atomic mass is 15.2. The summed E-state index contributed by atoms with van der Waals surface area (Å²) < 4.78 is 2.10. The van der Waals surface area contributed by atoms with Gasteiger partial charge in [-0.05, 0) is 48.0 Å². The number of nitrogens with two attached hydrogens (primary N) is 1. The number of fused-ring (bicyclic) bond motifs is 2. The van der Waals surface area contributed by atoms with Gasteiger partial charge in [0, 0.05) is 59.2 Å². The van der Waals surface area contributed by atoms with Crippen molar-refractivity contribution in [2.45, 2.75) is 6.42 Å². The predicted octanol–water partition coefficient (Wildman–Crippen LogP) is 5.74. The van der Waals surface area contributed by atoms with Crippen LogP contribution in [0.2, 0.25) is 0 Å². The number of nitrogen functional groups attached to an aromatic ring is 1. The van der Waals surface area contributed by atoms with Crippen LogP contribution in [0.25, 0.3) is 22.7 Å². The Morgan fingerprint density at radius 3 is 2.19 bits per heavy atom. The van der Waals surface area contributed by atoms with Crippen LogP contribution in [0.3, 0.4) is 0 Å². The van der Waals surface area contributed by atoms with Crippen LogP contribution < -0.4 is 10.6 Å². The number of hydrogen-bond donors (Lipinski definition) is 1. The van der Waals surface area contributed by atoms with Crippen molar-refractivity contribution in [3.63, 3.8) is 0 Å². The van der Waals surface area contributed by atoms with Gasteiger partial charge >= 0.3 is 0 Å². The molecule has 3 aromatic heterocycles. The zero-order valence-electron chi connectivity index (χ0n) is 17.4. The van der Waals surface area contributed by atoms with Crippen molar-refractivity contribution in [1.29, 1.82) is 0 Å². The number of rotatable bonds is 3. The first-order valence-corrected chi connectivity index (χ1v) is 10.6. The molecule has 0 atom stereocenters. The summed E-state index contributed by atoms with van der Waals surface area (Å²) in [7, 11) is 0. The van der Waals surface area contributed by atoms with Crippen molar-refractivity contribution in [2.75, 3.05) is 10.6 Å². The summed E-state index contributed by atoms with van der Waals surface area (Å²) in [5.74, 6) is 0.718. The van der Waals surface area contributed by atoms with E-state index < -0.39 is 0 Å². The standard InChI is InChI=1S/C27H21N5/c28-27-24(23-6-2-4-8-26(23)32(27)21-11-15-30-16-12-21)18-22-17-19-5-1-3-7-25(19)31(22)20-9-13-29-14-10-20/h1-16,18H,17,28H2/b22-18+. The second-order valence-electron chi connectivity index (χ2n) is 7.84. The maximum absolute atomic E-state index is 6.78. The summed E-state index contributed by atoms with van der Waals surface area (Å²) in [5.41, 5.74) is 14.7. The molecule has 0 fully saturated rings. The lowest BCUT2D eigenvalue weighted by molar-refractivity contribution is 1.12. The monoisotopic (exact) mass is 415 g/mol. The highest BCUT2D eigenvalue weighted by Gasteiger charge is 2.26. The summed E-state index contributed by atoms with van der Waals surface area (Å²) in [4.78, 5) is 10.7. The van der Waals surface area contributed by atoms with Crippen molar-refractivity contribution >= 4 is 34.2 Å². The number of nitrogens with zero attached hydrogens (tertiary/aromatic N) is 4. The predicted molar refractivity (Wildman–Crippen MR) is 130 cm³/mol. The quantitative estimate of drug-likeness (QED) is 0.408. The molecule has 5 heteroatoms. The number of pyridine rings is 2. The summed E-state index contributed by atoms with van der Waals surface area (Å²) >= 11 is 0. The highest BCUT2D eigenvalue weighted by Crippen LogP contribution is 2.42. The molecular weight excluding hydrogens is 394 g/mol. The molecule has 0 spiro atoms. The molecular formula is C27H21N5. The minimum Gasteiger partial charge on any atom is -0.384 e. The van der Waals surface area contributed by atoms with Gasteiger partial charge in [0.25, 0.3) is 0 Å². The zero-order valence-corrected chi connectivity index (χ0v) is 17.4. The van der Waals surface area contributed by atoms with Gasteiger partial charge in [0.1, 0.15) is 5.82 Å². The molecule has 2 N–H and O–H groups in total. The SMILES string of the molecule is Nc1c(/C=C2\Cc3ccccc3N2c2ccncc2)c2ccccc2n1-c1ccncc1. The second kappa shape index (κ2) is 7.39. The average molecular weight is 416 g/mol. The maximum Gasteiger partial charge on any atom is 0.116 e. The Balaban J connectivity index is 1.58. The van der Waals surface area contributed by atoms with Crippen molar-refractivity contribution in [2.24, 2.45) is 0 Å². The molecule has 0 aliphatic carbocycles. The number of allylic oxidation sites excluding steroid dienone is 1. The van der Waals surface area contributed by atoms with E-state index in [-0.39, 0.29) is 0 Å². The minimum atomic E-state index is 0.718. The van der Waals surface area contributed by atoms with Crippen LogP contribution in [0.1, 0.15) is 11.1 Å². The largest absolute Gasteiger partial charge is 0.384 e. The van der Waals surface area contributed by atoms with Crippen molar-refractivity contribution in [1.82, 2.24) is 14.5 Å². The molecule has 6 rings (SSSR count). The molecule has 1 aliphatic rings. The summed E-state index contributed by atoms with van der Waals surface area (Å²) in [6, 6.07) is 24.9. The lowest BCUT2D eigenvalue weighted by atomic mass is 10.1. The summed E-state index contributed by atoms with van der Waals surface area (Å²) in [6.45, 7) is 0. The third kappa shape index (κ3) is 2.87. The van der Waals surface area contributed by atoms with E-state index in [0.717, 1.165) is 40.1 Å². The van der Waals surface area contributed by atoms with Gasteiger partial charge in [0.2, 0.25) is 0 Å². The van der Waals surface area contributed by atoms with E-state index in [1.807, 2.05) is 42.7 Å². The molecule has 0 unspecified atom stereocenters. The van der Waals surface area contributed by atoms with Crippen molar-refractivity contribution in [3.05, 3.63) is 114 Å². The van der Waals surface area contributed by atoms with Crippen LogP contribution in [0.4, 0.5) is 17.2 Å². The van der Waals surface area contributed by atoms with E-state index in [9.17, 15) is 0 Å². The molecule has 4 heterocycles. The van der Waals surface area contributed by atoms with Crippen LogP contribution in [-0.2, 0) is 6.42 Å². The lowest BCUT2D eigenvalue weighted by Crippen LogP contribution is -2.11. The van der Waals surface area contributed by atoms with Gasteiger partial charge in [-0.1, -0.05) is 36.4 Å². The summed E-state index contributed by atoms with van der Waals surface area (Å²) in [5, 5.41) is 1.12. The number of hydrogen-bond acceptors (Lipinski definition) is 4. The molecule has 5 aromatic rings. The van der Waals surface area contributed by atoms with E-state index in [1.165, 1.54) is 16.9 Å². The Bertz CT molecular complexity index is 1450. The van der Waals surface area contributed by atoms with E-state index in [1.54, 1.807) is 12.4 Å². The number of benzene rings is 2. The molecule has 0 saturated heterocycles. The van der Waals surface area contributed by atoms with Gasteiger partial charge in [-0.3, -0.25) is 14.5 Å². The fourth-order valence-electron chi connectivity index (χ4n) is 4.60. The Kier molecular flexibility index (Phi) is 4.25. The van der Waals surface area contributed by atoms with Gasteiger partial charge in [0.05, 0.1) is 11.2 Å². The molecule has 0 amide bonds. The first-order chi connectivity index (χ1) is 15.8. The zero-order chi connectivity index (χ0) is 21.5. The Morgan fingerprint density at radius 1 is 0.750 bits per heavy atom. The molecule has 5 nitrogen and oxygen atoms in total. The normalized spacial score (nSPS) is 14.2. The molecule has 32 heavy (non-hydrogen) atoms. The third-order valence-electron chi connectivity index (χ3n) is 6.00. The number of anilines is 3. The van der Waals surface area contributed by atoms with Crippen LogP contribution in [0.15, 0.2) is 103 Å². The van der Waals surface area contributed by atoms with E-state index in [0.29, 0.717) is 0 Å². The minimum absolute atomic E-state index is 0.718. The smallest absolute Gasteiger partial charge is 0.116 e. The third-order valence-corrected chi connectivity index (χ3v) is 6.00. The molecule has 0 radical (unpaired) electrons. The summed E-state index contributed by atoms with van der Waals surface area (Å²) in [6.07, 6.45) is 10.3. The molecule has 2 aromatic carbocycles. The Labute approximate surface area is 186 Å². The fourth-order valence-corrected chi connectivity index (χ4v) is 4.60. The van der Waals surface area contributed by atoms with Gasteiger partial charge in [0.15, 0.2) is 0 Å². The van der Waals surface area contributed by atoms with Gasteiger partial charge < -0.3 is 10.6 Å². The van der Waals surface area contributed by atoms with Crippen molar-refractivity contribution < 1.29 is 0 Å². The van der Waals surface area contributed by atoms with E-state index >= 15 is 0 Å². The average Bonchev–Trinajstić information content (AvgIpc) is 3.35. The second-order valence-corrected chi connectivity index (χ2v) is 7.84. The van der Waals surface area contributed by atoms with Crippen LogP contribution in [0, 0.1) is 0 Å². The fraction of sp³-hybridized carbons (Fsp3) is 0.0370. The van der Waals surface area contributed by atoms with E-state index in [2.05, 4.69) is 68.0 Å². The van der Waals surface area contributed by atoms with Gasteiger partial charge in [-0.15, -0.1) is 0 Å². The van der Waals surface area contributed by atoms with Crippen LogP contribution >= 0.6 is 0 Å². The Hall–Kier alpha value is -4.38. The first kappa shape index (κ1) is 18.4. The topological polar surface area (TPSA) is 60.0 Å². The Morgan fingerprint density at radius 2 is 1.41 bits per heavy atom. The molecule has 0 bridgehead atoms. The number of para-hydroxylation sites is 2. The number of aromatic nitrogens is 3. The molecule has 0 saturated carbocycles. The first-order valence-electron chi connectivity index (χ1n) is 10.6. The lowest BCUT2D eigenvalue weighted by Gasteiger charge is -2.21.